The SMILES string of the molecule is CC1(C)[C@H]2CC[C@](C)(C2)[C@]1(O)CCN. The standard InChI is InChI=1S/C12H23NO/c1-10(2)9-4-5-11(3,8-9)12(10,14)6-7-13/h9,14H,4-8,13H2,1-3H3/t9-,11+,12-/m0/s1. The first-order chi connectivity index (χ1) is 6.37. The fourth-order valence-electron chi connectivity index (χ4n) is 4.18. The molecule has 0 aromatic heterocycles. The molecule has 0 aromatic carbocycles. The highest BCUT2D eigenvalue weighted by atomic mass is 16.3. The normalized spacial score (nSPS) is 49.9. The van der Waals surface area contributed by atoms with Gasteiger partial charge in [0.2, 0.25) is 0 Å². The van der Waals surface area contributed by atoms with Crippen molar-refractivity contribution in [3.8, 4) is 0 Å². The van der Waals surface area contributed by atoms with Crippen LogP contribution in [0.25, 0.3) is 0 Å². The molecule has 0 amide bonds. The summed E-state index contributed by atoms with van der Waals surface area (Å²) in [5.74, 6) is 0.698. The molecule has 3 N–H and O–H groups in total. The summed E-state index contributed by atoms with van der Waals surface area (Å²) in [5.41, 5.74) is 5.30. The molecular formula is C12H23NO. The summed E-state index contributed by atoms with van der Waals surface area (Å²) in [6, 6.07) is 0. The highest BCUT2D eigenvalue weighted by Crippen LogP contribution is 2.68. The van der Waals surface area contributed by atoms with Gasteiger partial charge < -0.3 is 10.8 Å². The van der Waals surface area contributed by atoms with Crippen LogP contribution < -0.4 is 5.73 Å². The first-order valence-electron chi connectivity index (χ1n) is 5.80. The first-order valence-corrected chi connectivity index (χ1v) is 5.80. The van der Waals surface area contributed by atoms with Crippen molar-refractivity contribution in [2.24, 2.45) is 22.5 Å². The van der Waals surface area contributed by atoms with Gasteiger partial charge in [-0.3, -0.25) is 0 Å². The summed E-state index contributed by atoms with van der Waals surface area (Å²) in [7, 11) is 0. The average Bonchev–Trinajstić information content (AvgIpc) is 2.53. The van der Waals surface area contributed by atoms with E-state index in [2.05, 4.69) is 20.8 Å². The van der Waals surface area contributed by atoms with Gasteiger partial charge in [-0.1, -0.05) is 20.8 Å². The molecule has 0 radical (unpaired) electrons. The van der Waals surface area contributed by atoms with Crippen molar-refractivity contribution in [2.45, 2.75) is 52.1 Å². The summed E-state index contributed by atoms with van der Waals surface area (Å²) < 4.78 is 0. The lowest BCUT2D eigenvalue weighted by Crippen LogP contribution is -2.55. The van der Waals surface area contributed by atoms with Gasteiger partial charge in [0.25, 0.3) is 0 Å². The van der Waals surface area contributed by atoms with Crippen molar-refractivity contribution < 1.29 is 5.11 Å². The van der Waals surface area contributed by atoms with Gasteiger partial charge >= 0.3 is 0 Å². The summed E-state index contributed by atoms with van der Waals surface area (Å²) in [6.45, 7) is 7.29. The maximum absolute atomic E-state index is 10.9. The summed E-state index contributed by atoms with van der Waals surface area (Å²) in [4.78, 5) is 0. The monoisotopic (exact) mass is 197 g/mol. The van der Waals surface area contributed by atoms with E-state index in [1.54, 1.807) is 0 Å². The fourth-order valence-corrected chi connectivity index (χ4v) is 4.18. The molecule has 0 aliphatic heterocycles. The van der Waals surface area contributed by atoms with Crippen LogP contribution in [-0.2, 0) is 0 Å². The molecule has 0 aromatic rings. The van der Waals surface area contributed by atoms with Gasteiger partial charge in [0.15, 0.2) is 0 Å². The van der Waals surface area contributed by atoms with Crippen LogP contribution in [0.4, 0.5) is 0 Å². The third-order valence-electron chi connectivity index (χ3n) is 5.33. The Balaban J connectivity index is 2.38. The third kappa shape index (κ3) is 0.938. The Kier molecular flexibility index (Phi) is 2.04. The second-order valence-corrected chi connectivity index (χ2v) is 6.12. The van der Waals surface area contributed by atoms with Crippen molar-refractivity contribution in [1.29, 1.82) is 0 Å². The molecule has 2 nitrogen and oxygen atoms in total. The molecule has 2 aliphatic carbocycles. The van der Waals surface area contributed by atoms with E-state index in [-0.39, 0.29) is 10.8 Å². The zero-order chi connectivity index (χ0) is 10.6. The molecule has 0 heterocycles. The molecule has 14 heavy (non-hydrogen) atoms. The minimum Gasteiger partial charge on any atom is -0.389 e. The lowest BCUT2D eigenvalue weighted by Gasteiger charge is -2.50. The highest BCUT2D eigenvalue weighted by Gasteiger charge is 2.67. The van der Waals surface area contributed by atoms with Crippen molar-refractivity contribution in [1.82, 2.24) is 0 Å². The van der Waals surface area contributed by atoms with Crippen molar-refractivity contribution in [2.75, 3.05) is 6.54 Å². The van der Waals surface area contributed by atoms with E-state index in [4.69, 9.17) is 5.73 Å². The maximum Gasteiger partial charge on any atom is 0.0766 e. The maximum atomic E-state index is 10.9. The summed E-state index contributed by atoms with van der Waals surface area (Å²) >= 11 is 0. The Hall–Kier alpha value is -0.0800. The molecule has 2 fully saturated rings. The van der Waals surface area contributed by atoms with Gasteiger partial charge in [-0.25, -0.2) is 0 Å². The molecule has 0 saturated heterocycles. The van der Waals surface area contributed by atoms with Crippen molar-refractivity contribution >= 4 is 0 Å². The van der Waals surface area contributed by atoms with Crippen LogP contribution in [-0.4, -0.2) is 17.3 Å². The van der Waals surface area contributed by atoms with Crippen LogP contribution >= 0.6 is 0 Å². The van der Waals surface area contributed by atoms with Gasteiger partial charge in [-0.05, 0) is 49.0 Å². The Morgan fingerprint density at radius 3 is 2.43 bits per heavy atom. The van der Waals surface area contributed by atoms with Crippen LogP contribution in [0.2, 0.25) is 0 Å². The molecule has 2 bridgehead atoms. The number of fused-ring (bicyclic) bond motifs is 2. The summed E-state index contributed by atoms with van der Waals surface area (Å²) in [5, 5.41) is 10.9. The average molecular weight is 197 g/mol. The lowest BCUT2D eigenvalue weighted by atomic mass is 9.59. The highest BCUT2D eigenvalue weighted by molar-refractivity contribution is 5.17. The van der Waals surface area contributed by atoms with Crippen molar-refractivity contribution in [3.63, 3.8) is 0 Å². The minimum absolute atomic E-state index is 0.0549. The molecule has 2 rings (SSSR count). The summed E-state index contributed by atoms with van der Waals surface area (Å²) in [6.07, 6.45) is 4.41. The predicted octanol–water partition coefficient (Wildman–Crippen LogP) is 1.91. The van der Waals surface area contributed by atoms with Gasteiger partial charge in [0, 0.05) is 0 Å². The number of nitrogens with two attached hydrogens (primary N) is 1. The van der Waals surface area contributed by atoms with Gasteiger partial charge in [0.05, 0.1) is 5.60 Å². The van der Waals surface area contributed by atoms with E-state index >= 15 is 0 Å². The molecule has 0 unspecified atom stereocenters. The first kappa shape index (κ1) is 10.4. The molecule has 2 heteroatoms. The van der Waals surface area contributed by atoms with E-state index in [0.717, 1.165) is 6.42 Å². The molecule has 2 aliphatic rings. The molecule has 2 saturated carbocycles. The largest absolute Gasteiger partial charge is 0.389 e. The van der Waals surface area contributed by atoms with Gasteiger partial charge in [-0.2, -0.15) is 0 Å². The fraction of sp³-hybridized carbons (Fsp3) is 1.00. The smallest absolute Gasteiger partial charge is 0.0766 e. The Morgan fingerprint density at radius 2 is 2.00 bits per heavy atom. The Bertz CT molecular complexity index is 244. The number of hydrogen-bond acceptors (Lipinski definition) is 2. The zero-order valence-electron chi connectivity index (χ0n) is 9.64. The van der Waals surface area contributed by atoms with E-state index < -0.39 is 5.60 Å². The second kappa shape index (κ2) is 2.73. The molecular weight excluding hydrogens is 174 g/mol. The lowest BCUT2D eigenvalue weighted by molar-refractivity contribution is -0.145. The third-order valence-corrected chi connectivity index (χ3v) is 5.33. The van der Waals surface area contributed by atoms with Gasteiger partial charge in [0.1, 0.15) is 0 Å². The second-order valence-electron chi connectivity index (χ2n) is 6.12. The number of hydrogen-bond donors (Lipinski definition) is 2. The molecule has 0 spiro atoms. The number of rotatable bonds is 2. The van der Waals surface area contributed by atoms with Crippen molar-refractivity contribution in [3.05, 3.63) is 0 Å². The zero-order valence-corrected chi connectivity index (χ0v) is 9.64. The number of aliphatic hydroxyl groups is 1. The van der Waals surface area contributed by atoms with Crippen LogP contribution in [0.3, 0.4) is 0 Å². The van der Waals surface area contributed by atoms with Crippen LogP contribution in [0.5, 0.6) is 0 Å². The van der Waals surface area contributed by atoms with E-state index in [1.807, 2.05) is 0 Å². The van der Waals surface area contributed by atoms with E-state index in [0.29, 0.717) is 12.5 Å². The van der Waals surface area contributed by atoms with Crippen LogP contribution in [0.15, 0.2) is 0 Å². The Morgan fingerprint density at radius 1 is 1.36 bits per heavy atom. The molecule has 3 atom stereocenters. The Labute approximate surface area is 86.9 Å². The van der Waals surface area contributed by atoms with Crippen LogP contribution in [0, 0.1) is 16.7 Å². The quantitative estimate of drug-likeness (QED) is 0.710. The minimum atomic E-state index is -0.530. The van der Waals surface area contributed by atoms with Gasteiger partial charge in [-0.15, -0.1) is 0 Å². The van der Waals surface area contributed by atoms with Crippen LogP contribution in [0.1, 0.15) is 46.5 Å². The van der Waals surface area contributed by atoms with E-state index in [9.17, 15) is 5.11 Å². The molecule has 82 valence electrons. The van der Waals surface area contributed by atoms with E-state index in [1.165, 1.54) is 19.3 Å². The predicted molar refractivity (Wildman–Crippen MR) is 57.9 cm³/mol. The topological polar surface area (TPSA) is 46.2 Å².